The Morgan fingerprint density at radius 1 is 1.33 bits per heavy atom. The third-order valence-electron chi connectivity index (χ3n) is 3.56. The molecular formula is C14H20N2O2. The number of hydrogen-bond acceptors (Lipinski definition) is 4. The van der Waals surface area contributed by atoms with Crippen molar-refractivity contribution in [3.63, 3.8) is 0 Å². The van der Waals surface area contributed by atoms with Gasteiger partial charge in [0.15, 0.2) is 0 Å². The van der Waals surface area contributed by atoms with Gasteiger partial charge in [-0.3, -0.25) is 11.3 Å². The fraction of sp³-hybridized carbons (Fsp3) is 0.571. The van der Waals surface area contributed by atoms with Gasteiger partial charge < -0.3 is 9.47 Å². The molecule has 1 saturated carbocycles. The van der Waals surface area contributed by atoms with Crippen molar-refractivity contribution in [3.8, 4) is 5.75 Å². The largest absolute Gasteiger partial charge is 0.490 e. The molecule has 0 bridgehead atoms. The van der Waals surface area contributed by atoms with Gasteiger partial charge in [0.25, 0.3) is 0 Å². The first kappa shape index (κ1) is 12.0. The van der Waals surface area contributed by atoms with Crippen LogP contribution in [0.4, 0.5) is 0 Å². The lowest BCUT2D eigenvalue weighted by Crippen LogP contribution is -2.36. The second-order valence-corrected chi connectivity index (χ2v) is 5.09. The number of nitrogens with two attached hydrogens (primary N) is 1. The molecule has 98 valence electrons. The van der Waals surface area contributed by atoms with Crippen LogP contribution in [0.1, 0.15) is 37.3 Å². The molecule has 1 aliphatic carbocycles. The SMILES string of the molecule is NNC(c1cccc(OC2CC2)c1)C1CCCO1. The molecule has 0 radical (unpaired) electrons. The van der Waals surface area contributed by atoms with Crippen molar-refractivity contribution in [2.24, 2.45) is 5.84 Å². The minimum atomic E-state index is 0.0512. The van der Waals surface area contributed by atoms with Crippen molar-refractivity contribution in [3.05, 3.63) is 29.8 Å². The Kier molecular flexibility index (Phi) is 3.50. The van der Waals surface area contributed by atoms with E-state index in [-0.39, 0.29) is 12.1 Å². The summed E-state index contributed by atoms with van der Waals surface area (Å²) in [6, 6.07) is 8.23. The molecule has 0 amide bonds. The number of rotatable bonds is 5. The van der Waals surface area contributed by atoms with Crippen LogP contribution in [0.25, 0.3) is 0 Å². The molecule has 1 aromatic carbocycles. The zero-order chi connectivity index (χ0) is 12.4. The van der Waals surface area contributed by atoms with E-state index < -0.39 is 0 Å². The fourth-order valence-corrected chi connectivity index (χ4v) is 2.44. The van der Waals surface area contributed by atoms with Crippen LogP contribution >= 0.6 is 0 Å². The zero-order valence-electron chi connectivity index (χ0n) is 10.5. The lowest BCUT2D eigenvalue weighted by atomic mass is 10.00. The van der Waals surface area contributed by atoms with Crippen LogP contribution in [0.15, 0.2) is 24.3 Å². The molecule has 3 rings (SSSR count). The molecule has 0 aromatic heterocycles. The monoisotopic (exact) mass is 248 g/mol. The molecule has 4 heteroatoms. The second-order valence-electron chi connectivity index (χ2n) is 5.09. The van der Waals surface area contributed by atoms with E-state index in [1.807, 2.05) is 12.1 Å². The van der Waals surface area contributed by atoms with Crippen LogP contribution < -0.4 is 16.0 Å². The summed E-state index contributed by atoms with van der Waals surface area (Å²) in [5.74, 6) is 6.62. The summed E-state index contributed by atoms with van der Waals surface area (Å²) >= 11 is 0. The summed E-state index contributed by atoms with van der Waals surface area (Å²) in [6.07, 6.45) is 5.12. The number of nitrogens with one attached hydrogen (secondary N) is 1. The van der Waals surface area contributed by atoms with E-state index in [0.29, 0.717) is 6.10 Å². The van der Waals surface area contributed by atoms with Gasteiger partial charge >= 0.3 is 0 Å². The van der Waals surface area contributed by atoms with E-state index in [2.05, 4.69) is 17.6 Å². The second kappa shape index (κ2) is 5.26. The Labute approximate surface area is 107 Å². The van der Waals surface area contributed by atoms with Crippen molar-refractivity contribution < 1.29 is 9.47 Å². The van der Waals surface area contributed by atoms with Crippen LogP contribution in [-0.2, 0) is 4.74 Å². The summed E-state index contributed by atoms with van der Waals surface area (Å²) in [6.45, 7) is 0.834. The maximum atomic E-state index is 5.81. The van der Waals surface area contributed by atoms with Gasteiger partial charge in [-0.25, -0.2) is 0 Å². The van der Waals surface area contributed by atoms with Gasteiger partial charge in [0.2, 0.25) is 0 Å². The van der Waals surface area contributed by atoms with Gasteiger partial charge in [-0.2, -0.15) is 0 Å². The standard InChI is InChI=1S/C14H20N2O2/c15-16-14(13-5-2-8-17-13)10-3-1-4-12(9-10)18-11-6-7-11/h1,3-4,9,11,13-14,16H,2,5-8,15H2. The number of ether oxygens (including phenoxy) is 2. The highest BCUT2D eigenvalue weighted by atomic mass is 16.5. The van der Waals surface area contributed by atoms with E-state index in [0.717, 1.165) is 30.8 Å². The van der Waals surface area contributed by atoms with E-state index in [1.54, 1.807) is 0 Å². The molecule has 2 aliphatic rings. The summed E-state index contributed by atoms with van der Waals surface area (Å²) in [4.78, 5) is 0. The predicted octanol–water partition coefficient (Wildman–Crippen LogP) is 1.91. The van der Waals surface area contributed by atoms with Crippen molar-refractivity contribution in [1.29, 1.82) is 0 Å². The Morgan fingerprint density at radius 3 is 2.89 bits per heavy atom. The molecule has 18 heavy (non-hydrogen) atoms. The summed E-state index contributed by atoms with van der Waals surface area (Å²) in [5.41, 5.74) is 4.02. The molecule has 2 fully saturated rings. The predicted molar refractivity (Wildman–Crippen MR) is 69.1 cm³/mol. The van der Waals surface area contributed by atoms with Gasteiger partial charge in [0.05, 0.1) is 18.2 Å². The maximum Gasteiger partial charge on any atom is 0.120 e. The van der Waals surface area contributed by atoms with Crippen LogP contribution in [0.5, 0.6) is 5.75 Å². The van der Waals surface area contributed by atoms with Gasteiger partial charge in [-0.1, -0.05) is 12.1 Å². The van der Waals surface area contributed by atoms with Crippen molar-refractivity contribution >= 4 is 0 Å². The number of hydrogen-bond donors (Lipinski definition) is 2. The van der Waals surface area contributed by atoms with Crippen molar-refractivity contribution in [2.45, 2.75) is 43.9 Å². The van der Waals surface area contributed by atoms with Crippen LogP contribution in [-0.4, -0.2) is 18.8 Å². The van der Waals surface area contributed by atoms with Crippen molar-refractivity contribution in [2.75, 3.05) is 6.61 Å². The van der Waals surface area contributed by atoms with Gasteiger partial charge in [0, 0.05) is 6.61 Å². The molecule has 2 unspecified atom stereocenters. The average Bonchev–Trinajstić information content (AvgIpc) is 3.04. The molecule has 1 aromatic rings. The normalized spacial score (nSPS) is 25.1. The van der Waals surface area contributed by atoms with Crippen LogP contribution in [0, 0.1) is 0 Å². The highest BCUT2D eigenvalue weighted by Crippen LogP contribution is 2.31. The lowest BCUT2D eigenvalue weighted by Gasteiger charge is -2.23. The lowest BCUT2D eigenvalue weighted by molar-refractivity contribution is 0.0782. The molecule has 0 spiro atoms. The fourth-order valence-electron chi connectivity index (χ4n) is 2.44. The number of benzene rings is 1. The van der Waals surface area contributed by atoms with Gasteiger partial charge in [-0.15, -0.1) is 0 Å². The molecule has 1 saturated heterocycles. The Morgan fingerprint density at radius 2 is 2.22 bits per heavy atom. The Bertz CT molecular complexity index is 401. The third kappa shape index (κ3) is 2.66. The topological polar surface area (TPSA) is 56.5 Å². The third-order valence-corrected chi connectivity index (χ3v) is 3.56. The van der Waals surface area contributed by atoms with Gasteiger partial charge in [0.1, 0.15) is 5.75 Å². The Hall–Kier alpha value is -1.10. The molecular weight excluding hydrogens is 228 g/mol. The highest BCUT2D eigenvalue weighted by molar-refractivity contribution is 5.31. The molecule has 1 heterocycles. The molecule has 1 aliphatic heterocycles. The van der Waals surface area contributed by atoms with Crippen LogP contribution in [0.3, 0.4) is 0 Å². The van der Waals surface area contributed by atoms with Gasteiger partial charge in [-0.05, 0) is 43.4 Å². The molecule has 4 nitrogen and oxygen atoms in total. The quantitative estimate of drug-likeness (QED) is 0.617. The first-order valence-electron chi connectivity index (χ1n) is 6.71. The highest BCUT2D eigenvalue weighted by Gasteiger charge is 2.27. The van der Waals surface area contributed by atoms with E-state index in [9.17, 15) is 0 Å². The van der Waals surface area contributed by atoms with E-state index >= 15 is 0 Å². The first-order chi connectivity index (χ1) is 8.86. The first-order valence-corrected chi connectivity index (χ1v) is 6.71. The zero-order valence-corrected chi connectivity index (χ0v) is 10.5. The summed E-state index contributed by atoms with van der Waals surface area (Å²) < 4.78 is 11.5. The molecule has 3 N–H and O–H groups in total. The smallest absolute Gasteiger partial charge is 0.120 e. The van der Waals surface area contributed by atoms with Crippen LogP contribution in [0.2, 0.25) is 0 Å². The maximum absolute atomic E-state index is 5.81. The minimum Gasteiger partial charge on any atom is -0.490 e. The number of hydrazine groups is 1. The minimum absolute atomic E-state index is 0.0512. The van der Waals surface area contributed by atoms with Crippen molar-refractivity contribution in [1.82, 2.24) is 5.43 Å². The average molecular weight is 248 g/mol. The van der Waals surface area contributed by atoms with E-state index in [1.165, 1.54) is 12.8 Å². The molecule has 2 atom stereocenters. The summed E-state index contributed by atoms with van der Waals surface area (Å²) in [5, 5.41) is 0. The Balaban J connectivity index is 1.75. The van der Waals surface area contributed by atoms with E-state index in [4.69, 9.17) is 15.3 Å². The summed E-state index contributed by atoms with van der Waals surface area (Å²) in [7, 11) is 0.